The lowest BCUT2D eigenvalue weighted by Crippen LogP contribution is -3.00. The molecule has 0 radical (unpaired) electrons. The van der Waals surface area contributed by atoms with Crippen LogP contribution in [0.4, 0.5) is 0 Å². The Bertz CT molecular complexity index is 677. The van der Waals surface area contributed by atoms with Gasteiger partial charge in [0.2, 0.25) is 0 Å². The lowest BCUT2D eigenvalue weighted by molar-refractivity contribution is -0.687. The van der Waals surface area contributed by atoms with Gasteiger partial charge >= 0.3 is 0 Å². The number of fused-ring (bicyclic) bond motifs is 1. The van der Waals surface area contributed by atoms with Crippen LogP contribution >= 0.6 is 0 Å². The molecule has 96 valence electrons. The molecule has 3 rings (SSSR count). The fraction of sp³-hybridized carbons (Fsp3) is 0.118. The molecule has 19 heavy (non-hydrogen) atoms. The van der Waals surface area contributed by atoms with Gasteiger partial charge in [0.05, 0.1) is 0 Å². The van der Waals surface area contributed by atoms with Gasteiger partial charge in [0.15, 0.2) is 18.9 Å². The highest BCUT2D eigenvalue weighted by atomic mass is 79.9. The summed E-state index contributed by atoms with van der Waals surface area (Å²) in [4.78, 5) is 0. The van der Waals surface area contributed by atoms with E-state index in [0.717, 1.165) is 6.54 Å². The van der Waals surface area contributed by atoms with Crippen LogP contribution in [0.2, 0.25) is 0 Å². The quantitative estimate of drug-likeness (QED) is 0.606. The standard InChI is InChI=1S/C17H16N.BrH/c1-14-7-8-17-13-18(10-9-16(17)11-14)12-15-5-3-2-4-6-15;/h2-11,13H,12H2,1H3;1H/q+1;/p-1. The van der Waals surface area contributed by atoms with Crippen molar-refractivity contribution in [2.45, 2.75) is 13.5 Å². The van der Waals surface area contributed by atoms with Crippen LogP contribution < -0.4 is 21.5 Å². The predicted molar refractivity (Wildman–Crippen MR) is 74.4 cm³/mol. The van der Waals surface area contributed by atoms with E-state index < -0.39 is 0 Å². The fourth-order valence-electron chi connectivity index (χ4n) is 2.25. The van der Waals surface area contributed by atoms with Crippen molar-refractivity contribution in [3.05, 3.63) is 78.1 Å². The Labute approximate surface area is 124 Å². The Kier molecular flexibility index (Phi) is 4.33. The summed E-state index contributed by atoms with van der Waals surface area (Å²) >= 11 is 0. The molecule has 2 aromatic carbocycles. The van der Waals surface area contributed by atoms with Crippen molar-refractivity contribution in [3.63, 3.8) is 0 Å². The minimum Gasteiger partial charge on any atom is -1.00 e. The molecule has 0 saturated carbocycles. The van der Waals surface area contributed by atoms with Gasteiger partial charge in [-0.15, -0.1) is 0 Å². The second-order valence-corrected chi connectivity index (χ2v) is 4.74. The molecule has 2 heteroatoms. The molecular weight excluding hydrogens is 298 g/mol. The van der Waals surface area contributed by atoms with Gasteiger partial charge in [0, 0.05) is 17.0 Å². The van der Waals surface area contributed by atoms with E-state index in [1.165, 1.54) is 21.9 Å². The highest BCUT2D eigenvalue weighted by Crippen LogP contribution is 2.13. The van der Waals surface area contributed by atoms with Crippen LogP contribution in [0.1, 0.15) is 11.1 Å². The van der Waals surface area contributed by atoms with Gasteiger partial charge in [-0.25, -0.2) is 4.57 Å². The highest BCUT2D eigenvalue weighted by Gasteiger charge is 2.04. The van der Waals surface area contributed by atoms with Crippen LogP contribution in [0, 0.1) is 6.92 Å². The molecule has 0 atom stereocenters. The van der Waals surface area contributed by atoms with Crippen molar-refractivity contribution in [2.75, 3.05) is 0 Å². The molecule has 0 saturated heterocycles. The van der Waals surface area contributed by atoms with Crippen LogP contribution in [-0.2, 0) is 6.54 Å². The average Bonchev–Trinajstić information content (AvgIpc) is 2.40. The lowest BCUT2D eigenvalue weighted by Gasteiger charge is -2.01. The summed E-state index contributed by atoms with van der Waals surface area (Å²) in [5.41, 5.74) is 2.64. The normalized spacial score (nSPS) is 10.2. The second kappa shape index (κ2) is 5.98. The molecule has 0 amide bonds. The Morgan fingerprint density at radius 2 is 1.68 bits per heavy atom. The summed E-state index contributed by atoms with van der Waals surface area (Å²) in [5.74, 6) is 0. The molecule has 1 aromatic heterocycles. The van der Waals surface area contributed by atoms with E-state index >= 15 is 0 Å². The summed E-state index contributed by atoms with van der Waals surface area (Å²) < 4.78 is 2.23. The highest BCUT2D eigenvalue weighted by molar-refractivity contribution is 5.81. The lowest BCUT2D eigenvalue weighted by atomic mass is 10.1. The number of halogens is 1. The second-order valence-electron chi connectivity index (χ2n) is 4.74. The van der Waals surface area contributed by atoms with E-state index in [9.17, 15) is 0 Å². The largest absolute Gasteiger partial charge is 1.00 e. The first-order chi connectivity index (χ1) is 8.81. The van der Waals surface area contributed by atoms with Crippen LogP contribution in [0.3, 0.4) is 0 Å². The zero-order valence-corrected chi connectivity index (χ0v) is 12.5. The fourth-order valence-corrected chi connectivity index (χ4v) is 2.25. The van der Waals surface area contributed by atoms with E-state index in [0.29, 0.717) is 0 Å². The summed E-state index contributed by atoms with van der Waals surface area (Å²) in [5, 5.41) is 2.60. The Balaban J connectivity index is 0.00000133. The summed E-state index contributed by atoms with van der Waals surface area (Å²) in [6, 6.07) is 19.3. The molecule has 0 spiro atoms. The van der Waals surface area contributed by atoms with Crippen molar-refractivity contribution in [3.8, 4) is 0 Å². The van der Waals surface area contributed by atoms with Crippen LogP contribution in [0.15, 0.2) is 67.0 Å². The summed E-state index contributed by atoms with van der Waals surface area (Å²) in [6.45, 7) is 3.05. The van der Waals surface area contributed by atoms with E-state index in [1.807, 2.05) is 0 Å². The minimum absolute atomic E-state index is 0. The van der Waals surface area contributed by atoms with Crippen LogP contribution in [0.5, 0.6) is 0 Å². The first kappa shape index (κ1) is 13.8. The minimum atomic E-state index is 0. The number of nitrogens with zero attached hydrogens (tertiary/aromatic N) is 1. The molecule has 0 aliphatic heterocycles. The maximum Gasteiger partial charge on any atom is 0.176 e. The van der Waals surface area contributed by atoms with Gasteiger partial charge in [-0.1, -0.05) is 48.0 Å². The summed E-state index contributed by atoms with van der Waals surface area (Å²) in [6.07, 6.45) is 4.36. The number of benzene rings is 2. The maximum atomic E-state index is 2.23. The van der Waals surface area contributed by atoms with Crippen molar-refractivity contribution < 1.29 is 21.5 Å². The molecule has 1 heterocycles. The van der Waals surface area contributed by atoms with E-state index in [-0.39, 0.29) is 17.0 Å². The molecule has 0 fully saturated rings. The monoisotopic (exact) mass is 313 g/mol. The predicted octanol–water partition coefficient (Wildman–Crippen LogP) is 0.488. The van der Waals surface area contributed by atoms with Gasteiger partial charge < -0.3 is 17.0 Å². The molecule has 0 bridgehead atoms. The third-order valence-corrected chi connectivity index (χ3v) is 3.20. The third kappa shape index (κ3) is 3.21. The maximum absolute atomic E-state index is 2.23. The average molecular weight is 314 g/mol. The van der Waals surface area contributed by atoms with E-state index in [2.05, 4.69) is 78.5 Å². The van der Waals surface area contributed by atoms with Gasteiger partial charge in [-0.2, -0.15) is 0 Å². The van der Waals surface area contributed by atoms with Gasteiger partial charge in [0.1, 0.15) is 0 Å². The van der Waals surface area contributed by atoms with Crippen molar-refractivity contribution >= 4 is 10.8 Å². The first-order valence-electron chi connectivity index (χ1n) is 6.25. The summed E-state index contributed by atoms with van der Waals surface area (Å²) in [7, 11) is 0. The van der Waals surface area contributed by atoms with Crippen molar-refractivity contribution in [1.29, 1.82) is 0 Å². The number of aryl methyl sites for hydroxylation is 1. The molecule has 3 aromatic rings. The SMILES string of the molecule is Cc1ccc2c[n+](Cc3ccccc3)ccc2c1.[Br-]. The van der Waals surface area contributed by atoms with E-state index in [4.69, 9.17) is 0 Å². The third-order valence-electron chi connectivity index (χ3n) is 3.20. The molecule has 0 aliphatic rings. The number of rotatable bonds is 2. The molecule has 0 N–H and O–H groups in total. The topological polar surface area (TPSA) is 3.88 Å². The Morgan fingerprint density at radius 1 is 0.895 bits per heavy atom. The smallest absolute Gasteiger partial charge is 0.176 e. The first-order valence-corrected chi connectivity index (χ1v) is 6.25. The van der Waals surface area contributed by atoms with Gasteiger partial charge in [0.25, 0.3) is 0 Å². The molecule has 0 aliphatic carbocycles. The van der Waals surface area contributed by atoms with Gasteiger partial charge in [-0.05, 0) is 18.4 Å². The Morgan fingerprint density at radius 3 is 2.47 bits per heavy atom. The molecule has 0 unspecified atom stereocenters. The van der Waals surface area contributed by atoms with E-state index in [1.54, 1.807) is 0 Å². The zero-order valence-electron chi connectivity index (χ0n) is 10.9. The molecular formula is C17H16BrN. The Hall–Kier alpha value is -1.67. The number of hydrogen-bond donors (Lipinski definition) is 0. The van der Waals surface area contributed by atoms with Gasteiger partial charge in [-0.3, -0.25) is 0 Å². The zero-order chi connectivity index (χ0) is 12.4. The number of hydrogen-bond acceptors (Lipinski definition) is 0. The number of aromatic nitrogens is 1. The van der Waals surface area contributed by atoms with Crippen LogP contribution in [0.25, 0.3) is 10.8 Å². The van der Waals surface area contributed by atoms with Crippen LogP contribution in [-0.4, -0.2) is 0 Å². The molecule has 1 nitrogen and oxygen atoms in total. The van der Waals surface area contributed by atoms with Crippen molar-refractivity contribution in [2.24, 2.45) is 0 Å². The number of pyridine rings is 1. The van der Waals surface area contributed by atoms with Crippen molar-refractivity contribution in [1.82, 2.24) is 0 Å².